The lowest BCUT2D eigenvalue weighted by atomic mass is 10.2. The first-order chi connectivity index (χ1) is 7.97. The Morgan fingerprint density at radius 1 is 1.35 bits per heavy atom. The van der Waals surface area contributed by atoms with Crippen LogP contribution in [0.25, 0.3) is 0 Å². The van der Waals surface area contributed by atoms with Crippen molar-refractivity contribution in [1.29, 1.82) is 0 Å². The van der Waals surface area contributed by atoms with Crippen LogP contribution >= 0.6 is 7.60 Å². The van der Waals surface area contributed by atoms with Gasteiger partial charge in [0, 0.05) is 0 Å². The third kappa shape index (κ3) is 3.88. The van der Waals surface area contributed by atoms with Crippen LogP contribution in [0.15, 0.2) is 30.3 Å². The summed E-state index contributed by atoms with van der Waals surface area (Å²) in [5, 5.41) is 2.32. The zero-order valence-electron chi connectivity index (χ0n) is 9.74. The van der Waals surface area contributed by atoms with E-state index in [4.69, 9.17) is 4.52 Å². The molecular formula is C11H16NO4P. The summed E-state index contributed by atoms with van der Waals surface area (Å²) < 4.78 is 17.1. The van der Waals surface area contributed by atoms with Crippen molar-refractivity contribution < 1.29 is 18.8 Å². The van der Waals surface area contributed by atoms with E-state index in [0.717, 1.165) is 0 Å². The van der Waals surface area contributed by atoms with Gasteiger partial charge in [0.15, 0.2) is 0 Å². The normalized spacial score (nSPS) is 16.0. The second kappa shape index (κ2) is 5.84. The van der Waals surface area contributed by atoms with Crippen LogP contribution in [-0.2, 0) is 9.36 Å². The van der Waals surface area contributed by atoms with E-state index in [1.165, 1.54) is 0 Å². The van der Waals surface area contributed by atoms with Crippen molar-refractivity contribution in [3.05, 3.63) is 30.3 Å². The fourth-order valence-electron chi connectivity index (χ4n) is 1.42. The van der Waals surface area contributed by atoms with Gasteiger partial charge in [0.2, 0.25) is 6.41 Å². The van der Waals surface area contributed by atoms with Crippen molar-refractivity contribution in [2.24, 2.45) is 5.92 Å². The molecule has 1 rings (SSSR count). The lowest BCUT2D eigenvalue weighted by Crippen LogP contribution is -2.34. The molecule has 94 valence electrons. The predicted octanol–water partition coefficient (Wildman–Crippen LogP) is 1.98. The molecule has 0 saturated carbocycles. The Kier molecular flexibility index (Phi) is 4.73. The molecule has 5 nitrogen and oxygen atoms in total. The van der Waals surface area contributed by atoms with Crippen molar-refractivity contribution in [1.82, 2.24) is 5.32 Å². The van der Waals surface area contributed by atoms with Gasteiger partial charge < -0.3 is 14.7 Å². The molecule has 1 aromatic carbocycles. The van der Waals surface area contributed by atoms with Crippen molar-refractivity contribution in [2.75, 3.05) is 0 Å². The molecule has 0 aliphatic heterocycles. The zero-order valence-corrected chi connectivity index (χ0v) is 10.6. The molecule has 2 unspecified atom stereocenters. The van der Waals surface area contributed by atoms with Crippen LogP contribution in [0.1, 0.15) is 13.8 Å². The molecule has 0 aliphatic carbocycles. The summed E-state index contributed by atoms with van der Waals surface area (Å²) in [4.78, 5) is 20.3. The van der Waals surface area contributed by atoms with Crippen molar-refractivity contribution in [3.8, 4) is 5.75 Å². The molecule has 6 heteroatoms. The molecule has 0 radical (unpaired) electrons. The average molecular weight is 257 g/mol. The minimum absolute atomic E-state index is 0.209. The maximum atomic E-state index is 12.0. The fourth-order valence-corrected chi connectivity index (χ4v) is 2.96. The van der Waals surface area contributed by atoms with E-state index >= 15 is 0 Å². The largest absolute Gasteiger partial charge is 0.423 e. The van der Waals surface area contributed by atoms with Crippen LogP contribution in [0.4, 0.5) is 0 Å². The van der Waals surface area contributed by atoms with Crippen LogP contribution in [0.3, 0.4) is 0 Å². The van der Waals surface area contributed by atoms with Gasteiger partial charge in [-0.2, -0.15) is 0 Å². The van der Waals surface area contributed by atoms with E-state index in [-0.39, 0.29) is 5.92 Å². The maximum Gasteiger partial charge on any atom is 0.399 e. The summed E-state index contributed by atoms with van der Waals surface area (Å²) >= 11 is 0. The van der Waals surface area contributed by atoms with E-state index in [0.29, 0.717) is 12.2 Å². The Balaban J connectivity index is 2.85. The molecule has 17 heavy (non-hydrogen) atoms. The van der Waals surface area contributed by atoms with Crippen LogP contribution in [0.2, 0.25) is 0 Å². The predicted molar refractivity (Wildman–Crippen MR) is 64.7 cm³/mol. The number of amides is 1. The zero-order chi connectivity index (χ0) is 12.9. The molecule has 2 N–H and O–H groups in total. The minimum Gasteiger partial charge on any atom is -0.423 e. The smallest absolute Gasteiger partial charge is 0.399 e. The average Bonchev–Trinajstić information content (AvgIpc) is 2.26. The van der Waals surface area contributed by atoms with Gasteiger partial charge in [-0.3, -0.25) is 4.79 Å². The third-order valence-electron chi connectivity index (χ3n) is 2.20. The van der Waals surface area contributed by atoms with E-state index in [1.54, 1.807) is 44.2 Å². The number of hydrogen-bond donors (Lipinski definition) is 2. The van der Waals surface area contributed by atoms with Crippen LogP contribution in [-0.4, -0.2) is 17.1 Å². The van der Waals surface area contributed by atoms with Gasteiger partial charge in [-0.1, -0.05) is 32.0 Å². The van der Waals surface area contributed by atoms with Gasteiger partial charge in [0.1, 0.15) is 11.5 Å². The summed E-state index contributed by atoms with van der Waals surface area (Å²) in [6.45, 7) is 3.47. The Bertz CT molecular complexity index is 407. The minimum atomic E-state index is -3.94. The van der Waals surface area contributed by atoms with Gasteiger partial charge in [0.25, 0.3) is 0 Å². The van der Waals surface area contributed by atoms with Crippen molar-refractivity contribution in [2.45, 2.75) is 19.6 Å². The second-order valence-corrected chi connectivity index (χ2v) is 5.81. The molecule has 2 atom stereocenters. The van der Waals surface area contributed by atoms with E-state index < -0.39 is 13.4 Å². The number of benzene rings is 1. The first-order valence-corrected chi connectivity index (χ1v) is 6.89. The van der Waals surface area contributed by atoms with Crippen molar-refractivity contribution in [3.63, 3.8) is 0 Å². The summed E-state index contributed by atoms with van der Waals surface area (Å²) in [7, 11) is -3.94. The highest BCUT2D eigenvalue weighted by Crippen LogP contribution is 2.48. The Morgan fingerprint density at radius 3 is 2.41 bits per heavy atom. The molecule has 0 saturated heterocycles. The fraction of sp³-hybridized carbons (Fsp3) is 0.364. The van der Waals surface area contributed by atoms with Gasteiger partial charge in [-0.15, -0.1) is 0 Å². The van der Waals surface area contributed by atoms with Crippen LogP contribution in [0, 0.1) is 5.92 Å². The first-order valence-electron chi connectivity index (χ1n) is 5.24. The van der Waals surface area contributed by atoms with Crippen molar-refractivity contribution >= 4 is 14.0 Å². The highest BCUT2D eigenvalue weighted by Gasteiger charge is 2.36. The molecule has 1 aromatic rings. The van der Waals surface area contributed by atoms with Crippen LogP contribution in [0.5, 0.6) is 5.75 Å². The summed E-state index contributed by atoms with van der Waals surface area (Å²) in [6, 6.07) is 8.35. The molecule has 0 aliphatic rings. The van der Waals surface area contributed by atoms with E-state index in [1.807, 2.05) is 0 Å². The monoisotopic (exact) mass is 257 g/mol. The number of carbonyl (C=O) groups is 1. The third-order valence-corrected chi connectivity index (χ3v) is 4.12. The highest BCUT2D eigenvalue weighted by molar-refractivity contribution is 7.54. The summed E-state index contributed by atoms with van der Waals surface area (Å²) in [6.07, 6.45) is 0.405. The SMILES string of the molecule is CC(C)C(NC=O)P(=O)(O)Oc1ccccc1. The van der Waals surface area contributed by atoms with Gasteiger partial charge in [-0.25, -0.2) is 4.57 Å². The Morgan fingerprint density at radius 2 is 1.94 bits per heavy atom. The molecule has 0 spiro atoms. The second-order valence-electron chi connectivity index (χ2n) is 3.94. The number of carbonyl (C=O) groups excluding carboxylic acids is 1. The Hall–Kier alpha value is -1.32. The topological polar surface area (TPSA) is 75.6 Å². The van der Waals surface area contributed by atoms with Crippen LogP contribution < -0.4 is 9.84 Å². The number of para-hydroxylation sites is 1. The number of hydrogen-bond acceptors (Lipinski definition) is 3. The summed E-state index contributed by atoms with van der Waals surface area (Å²) in [5.74, 6) is -0.823. The number of rotatable bonds is 6. The molecule has 0 aromatic heterocycles. The molecule has 0 heterocycles. The highest BCUT2D eigenvalue weighted by atomic mass is 31.2. The van der Waals surface area contributed by atoms with Gasteiger partial charge >= 0.3 is 7.60 Å². The summed E-state index contributed by atoms with van der Waals surface area (Å²) in [5.41, 5.74) is 0. The molecule has 0 fully saturated rings. The Labute approximate surface area is 100 Å². The molecule has 0 bridgehead atoms. The molecular weight excluding hydrogens is 241 g/mol. The molecule has 1 amide bonds. The lowest BCUT2D eigenvalue weighted by molar-refractivity contribution is -0.110. The van der Waals surface area contributed by atoms with E-state index in [2.05, 4.69) is 5.32 Å². The quantitative estimate of drug-likeness (QED) is 0.603. The number of nitrogens with one attached hydrogen (secondary N) is 1. The van der Waals surface area contributed by atoms with Gasteiger partial charge in [-0.05, 0) is 18.1 Å². The lowest BCUT2D eigenvalue weighted by Gasteiger charge is -2.25. The van der Waals surface area contributed by atoms with Gasteiger partial charge in [0.05, 0.1) is 0 Å². The first kappa shape index (κ1) is 13.7. The standard InChI is InChI=1S/C11H16NO4P/c1-9(2)11(12-8-13)17(14,15)16-10-6-4-3-5-7-10/h3-9,11H,1-2H3,(H,12,13)(H,14,15). The maximum absolute atomic E-state index is 12.0. The van der Waals surface area contributed by atoms with E-state index in [9.17, 15) is 14.3 Å².